The first-order valence-corrected chi connectivity index (χ1v) is 7.14. The zero-order valence-electron chi connectivity index (χ0n) is 12.3. The number of nitrogens with zero attached hydrogens (tertiary/aromatic N) is 3. The normalized spacial score (nSPS) is 21.1. The Morgan fingerprint density at radius 2 is 2.09 bits per heavy atom. The van der Waals surface area contributed by atoms with Gasteiger partial charge in [0.2, 0.25) is 5.88 Å². The zero-order chi connectivity index (χ0) is 15.2. The smallest absolute Gasteiger partial charge is 0.257 e. The van der Waals surface area contributed by atoms with Crippen LogP contribution in [0.3, 0.4) is 0 Å². The fraction of sp³-hybridized carbons (Fsp3) is 0.400. The van der Waals surface area contributed by atoms with Gasteiger partial charge in [-0.2, -0.15) is 0 Å². The zero-order valence-corrected chi connectivity index (χ0v) is 12.3. The molecule has 0 saturated carbocycles. The number of hydrogen-bond donors (Lipinski definition) is 1. The van der Waals surface area contributed by atoms with Crippen LogP contribution >= 0.6 is 0 Å². The molecular weight excluding hydrogens is 284 g/mol. The van der Waals surface area contributed by atoms with Crippen molar-refractivity contribution in [2.75, 3.05) is 25.6 Å². The van der Waals surface area contributed by atoms with Crippen molar-refractivity contribution in [1.82, 2.24) is 15.0 Å². The summed E-state index contributed by atoms with van der Waals surface area (Å²) in [6.45, 7) is 1.17. The molecule has 1 N–H and O–H groups in total. The molecule has 0 amide bonds. The first-order chi connectivity index (χ1) is 10.9. The third kappa shape index (κ3) is 3.43. The van der Waals surface area contributed by atoms with E-state index in [0.717, 1.165) is 6.42 Å². The number of pyridine rings is 1. The molecule has 0 aliphatic carbocycles. The topological polar surface area (TPSA) is 78.4 Å². The van der Waals surface area contributed by atoms with E-state index in [2.05, 4.69) is 20.3 Å². The van der Waals surface area contributed by atoms with Gasteiger partial charge in [0.1, 0.15) is 6.10 Å². The van der Waals surface area contributed by atoms with Gasteiger partial charge in [0.15, 0.2) is 5.82 Å². The largest absolute Gasteiger partial charge is 0.478 e. The van der Waals surface area contributed by atoms with Crippen molar-refractivity contribution in [3.63, 3.8) is 0 Å². The Bertz CT molecular complexity index is 596. The number of hydrogen-bond acceptors (Lipinski definition) is 7. The molecule has 7 nitrogen and oxygen atoms in total. The highest BCUT2D eigenvalue weighted by Gasteiger charge is 2.29. The quantitative estimate of drug-likeness (QED) is 0.897. The number of ether oxygens (including phenoxy) is 3. The van der Waals surface area contributed by atoms with Gasteiger partial charge in [-0.3, -0.25) is 0 Å². The maximum atomic E-state index is 5.93. The van der Waals surface area contributed by atoms with Crippen LogP contribution in [0.5, 0.6) is 11.8 Å². The summed E-state index contributed by atoms with van der Waals surface area (Å²) in [4.78, 5) is 12.6. The maximum absolute atomic E-state index is 5.93. The van der Waals surface area contributed by atoms with E-state index in [1.807, 2.05) is 18.2 Å². The molecule has 2 aromatic heterocycles. The number of aromatic nitrogens is 3. The van der Waals surface area contributed by atoms with E-state index in [0.29, 0.717) is 30.8 Å². The van der Waals surface area contributed by atoms with Crippen LogP contribution in [0, 0.1) is 0 Å². The van der Waals surface area contributed by atoms with Gasteiger partial charge in [-0.15, -0.1) is 0 Å². The van der Waals surface area contributed by atoms with Gasteiger partial charge in [-0.25, -0.2) is 15.0 Å². The Balaban J connectivity index is 1.72. The van der Waals surface area contributed by atoms with Crippen molar-refractivity contribution in [3.8, 4) is 11.8 Å². The molecule has 22 heavy (non-hydrogen) atoms. The fourth-order valence-corrected chi connectivity index (χ4v) is 2.31. The van der Waals surface area contributed by atoms with Crippen molar-refractivity contribution in [1.29, 1.82) is 0 Å². The fourth-order valence-electron chi connectivity index (χ4n) is 2.31. The SMILES string of the molecule is COc1nccnc1N[C@@H]1CCOC[C@H]1Oc1ccccn1. The van der Waals surface area contributed by atoms with Gasteiger partial charge in [0, 0.05) is 31.3 Å². The summed E-state index contributed by atoms with van der Waals surface area (Å²) in [6, 6.07) is 5.61. The van der Waals surface area contributed by atoms with Gasteiger partial charge >= 0.3 is 0 Å². The van der Waals surface area contributed by atoms with E-state index in [9.17, 15) is 0 Å². The highest BCUT2D eigenvalue weighted by molar-refractivity contribution is 5.45. The number of methoxy groups -OCH3 is 1. The Labute approximate surface area is 128 Å². The summed E-state index contributed by atoms with van der Waals surface area (Å²) in [5.74, 6) is 1.65. The van der Waals surface area contributed by atoms with Crippen LogP contribution in [0.15, 0.2) is 36.8 Å². The summed E-state index contributed by atoms with van der Waals surface area (Å²) in [5, 5.41) is 3.34. The van der Waals surface area contributed by atoms with Crippen molar-refractivity contribution >= 4 is 5.82 Å². The molecule has 116 valence electrons. The summed E-state index contributed by atoms with van der Waals surface area (Å²) in [7, 11) is 1.57. The summed E-state index contributed by atoms with van der Waals surface area (Å²) >= 11 is 0. The molecule has 1 aliphatic rings. The summed E-state index contributed by atoms with van der Waals surface area (Å²) in [5.41, 5.74) is 0. The second kappa shape index (κ2) is 7.04. The summed E-state index contributed by atoms with van der Waals surface area (Å²) in [6.07, 6.45) is 5.56. The first kappa shape index (κ1) is 14.5. The lowest BCUT2D eigenvalue weighted by atomic mass is 10.1. The molecule has 0 radical (unpaired) electrons. The predicted octanol–water partition coefficient (Wildman–Crippen LogP) is 1.53. The molecule has 0 spiro atoms. The predicted molar refractivity (Wildman–Crippen MR) is 80.1 cm³/mol. The Hall–Kier alpha value is -2.41. The minimum Gasteiger partial charge on any atom is -0.478 e. The highest BCUT2D eigenvalue weighted by Crippen LogP contribution is 2.22. The Morgan fingerprint density at radius 1 is 1.18 bits per heavy atom. The van der Waals surface area contributed by atoms with Gasteiger partial charge in [-0.1, -0.05) is 6.07 Å². The van der Waals surface area contributed by atoms with E-state index in [1.165, 1.54) is 0 Å². The van der Waals surface area contributed by atoms with Gasteiger partial charge in [0.05, 0.1) is 19.8 Å². The Kier molecular flexibility index (Phi) is 4.65. The lowest BCUT2D eigenvalue weighted by Crippen LogP contribution is -2.45. The number of rotatable bonds is 5. The highest BCUT2D eigenvalue weighted by atomic mass is 16.5. The van der Waals surface area contributed by atoms with Crippen molar-refractivity contribution in [3.05, 3.63) is 36.8 Å². The number of nitrogens with one attached hydrogen (secondary N) is 1. The Morgan fingerprint density at radius 3 is 2.91 bits per heavy atom. The van der Waals surface area contributed by atoms with Gasteiger partial charge < -0.3 is 19.5 Å². The molecule has 1 saturated heterocycles. The maximum Gasteiger partial charge on any atom is 0.257 e. The minimum absolute atomic E-state index is 0.0429. The molecule has 3 rings (SSSR count). The van der Waals surface area contributed by atoms with Gasteiger partial charge in [0.25, 0.3) is 5.88 Å². The van der Waals surface area contributed by atoms with E-state index in [1.54, 1.807) is 25.7 Å². The van der Waals surface area contributed by atoms with Crippen LogP contribution in [0.4, 0.5) is 5.82 Å². The molecule has 7 heteroatoms. The van der Waals surface area contributed by atoms with E-state index in [4.69, 9.17) is 14.2 Å². The lowest BCUT2D eigenvalue weighted by Gasteiger charge is -2.32. The number of anilines is 1. The molecule has 0 aromatic carbocycles. The monoisotopic (exact) mass is 302 g/mol. The molecule has 2 atom stereocenters. The average molecular weight is 302 g/mol. The summed E-state index contributed by atoms with van der Waals surface area (Å²) < 4.78 is 16.7. The second-order valence-corrected chi connectivity index (χ2v) is 4.85. The second-order valence-electron chi connectivity index (χ2n) is 4.85. The third-order valence-electron chi connectivity index (χ3n) is 3.39. The van der Waals surface area contributed by atoms with Gasteiger partial charge in [-0.05, 0) is 12.5 Å². The average Bonchev–Trinajstić information content (AvgIpc) is 2.58. The van der Waals surface area contributed by atoms with Crippen LogP contribution < -0.4 is 14.8 Å². The molecular formula is C15H18N4O3. The molecule has 3 heterocycles. The molecule has 0 unspecified atom stereocenters. The van der Waals surface area contributed by atoms with Crippen molar-refractivity contribution in [2.24, 2.45) is 0 Å². The van der Waals surface area contributed by atoms with E-state index < -0.39 is 0 Å². The van der Waals surface area contributed by atoms with Crippen LogP contribution in [-0.4, -0.2) is 47.4 Å². The molecule has 1 fully saturated rings. The standard InChI is InChI=1S/C15H18N4O3/c1-20-15-14(17-7-8-18-15)19-11-5-9-21-10-12(11)22-13-4-2-3-6-16-13/h2-4,6-8,11-12H,5,9-10H2,1H3,(H,17,19)/t11-,12-/m1/s1. The first-order valence-electron chi connectivity index (χ1n) is 7.14. The van der Waals surface area contributed by atoms with Crippen LogP contribution in [0.2, 0.25) is 0 Å². The molecule has 1 aliphatic heterocycles. The van der Waals surface area contributed by atoms with Crippen LogP contribution in [-0.2, 0) is 4.74 Å². The third-order valence-corrected chi connectivity index (χ3v) is 3.39. The van der Waals surface area contributed by atoms with E-state index in [-0.39, 0.29) is 12.1 Å². The minimum atomic E-state index is -0.157. The van der Waals surface area contributed by atoms with Crippen LogP contribution in [0.1, 0.15) is 6.42 Å². The molecule has 2 aromatic rings. The lowest BCUT2D eigenvalue weighted by molar-refractivity contribution is -0.00257. The molecule has 0 bridgehead atoms. The van der Waals surface area contributed by atoms with Crippen molar-refractivity contribution in [2.45, 2.75) is 18.6 Å². The van der Waals surface area contributed by atoms with Crippen molar-refractivity contribution < 1.29 is 14.2 Å². The van der Waals surface area contributed by atoms with Crippen LogP contribution in [0.25, 0.3) is 0 Å². The van der Waals surface area contributed by atoms with E-state index >= 15 is 0 Å².